The molecule has 0 N–H and O–H groups in total. The third-order valence-electron chi connectivity index (χ3n) is 7.65. The summed E-state index contributed by atoms with van der Waals surface area (Å²) in [7, 11) is 0. The van der Waals surface area contributed by atoms with E-state index in [0.29, 0.717) is 12.2 Å². The normalized spacial score (nSPS) is 30.3. The molecule has 168 valence electrons. The molecule has 0 aromatic carbocycles. The number of anilines is 2. The van der Waals surface area contributed by atoms with Crippen molar-refractivity contribution in [3.8, 4) is 0 Å². The number of hydrogen-bond acceptors (Lipinski definition) is 5. The molecular formula is C25H36N4O2. The number of fused-ring (bicyclic) bond motifs is 1. The van der Waals surface area contributed by atoms with Crippen molar-refractivity contribution in [1.82, 2.24) is 4.98 Å². The molecule has 2 atom stereocenters. The molecule has 4 rings (SSSR count). The zero-order valence-corrected chi connectivity index (χ0v) is 19.9. The van der Waals surface area contributed by atoms with Crippen molar-refractivity contribution in [2.75, 3.05) is 16.4 Å². The minimum absolute atomic E-state index is 0.0673. The van der Waals surface area contributed by atoms with Crippen molar-refractivity contribution < 1.29 is 9.53 Å². The Morgan fingerprint density at radius 2 is 1.87 bits per heavy atom. The maximum atomic E-state index is 12.8. The average molecular weight is 425 g/mol. The number of pyridine rings is 1. The summed E-state index contributed by atoms with van der Waals surface area (Å²) in [5.41, 5.74) is 0.682. The van der Waals surface area contributed by atoms with E-state index in [-0.39, 0.29) is 28.5 Å². The zero-order valence-electron chi connectivity index (χ0n) is 19.9. The Balaban J connectivity index is 1.80. The van der Waals surface area contributed by atoms with Crippen LogP contribution in [0.4, 0.5) is 11.6 Å². The lowest BCUT2D eigenvalue weighted by atomic mass is 9.73. The highest BCUT2D eigenvalue weighted by molar-refractivity contribution is 5.94. The van der Waals surface area contributed by atoms with Crippen LogP contribution in [-0.2, 0) is 9.53 Å². The summed E-state index contributed by atoms with van der Waals surface area (Å²) in [5, 5.41) is 0. The van der Waals surface area contributed by atoms with Gasteiger partial charge in [-0.25, -0.2) is 9.98 Å². The molecule has 0 saturated carbocycles. The third-order valence-corrected chi connectivity index (χ3v) is 7.65. The fraction of sp³-hybridized carbons (Fsp3) is 0.640. The van der Waals surface area contributed by atoms with Gasteiger partial charge >= 0.3 is 0 Å². The highest BCUT2D eigenvalue weighted by atomic mass is 16.5. The van der Waals surface area contributed by atoms with Gasteiger partial charge in [0.15, 0.2) is 0 Å². The predicted octanol–water partition coefficient (Wildman–Crippen LogP) is 5.09. The molecule has 1 aromatic heterocycles. The van der Waals surface area contributed by atoms with Gasteiger partial charge in [-0.1, -0.05) is 13.0 Å². The molecule has 3 aliphatic heterocycles. The SMILES string of the molecule is C=NC1=C(C)[C@@]2(C)CCOC(C)(C)C[C@H]2N1c1cccc(N2C(=O)CCCC2(C)C)n1. The quantitative estimate of drug-likeness (QED) is 0.634. The lowest BCUT2D eigenvalue weighted by Crippen LogP contribution is -2.51. The Bertz CT molecular complexity index is 935. The molecule has 6 heteroatoms. The second kappa shape index (κ2) is 7.44. The van der Waals surface area contributed by atoms with Gasteiger partial charge in [-0.2, -0.15) is 0 Å². The van der Waals surface area contributed by atoms with E-state index in [4.69, 9.17) is 9.72 Å². The maximum Gasteiger partial charge on any atom is 0.228 e. The second-order valence-corrected chi connectivity index (χ2v) is 10.7. The number of piperidine rings is 1. The minimum atomic E-state index is -0.246. The van der Waals surface area contributed by atoms with Gasteiger partial charge in [0.2, 0.25) is 5.91 Å². The van der Waals surface area contributed by atoms with Gasteiger partial charge in [0.05, 0.1) is 5.60 Å². The van der Waals surface area contributed by atoms with Crippen LogP contribution in [0, 0.1) is 5.41 Å². The van der Waals surface area contributed by atoms with E-state index in [1.165, 1.54) is 5.57 Å². The lowest BCUT2D eigenvalue weighted by molar-refractivity contribution is -0.121. The number of aromatic nitrogens is 1. The third kappa shape index (κ3) is 3.59. The highest BCUT2D eigenvalue weighted by Gasteiger charge is 2.52. The van der Waals surface area contributed by atoms with Crippen LogP contribution in [0.25, 0.3) is 0 Å². The van der Waals surface area contributed by atoms with Crippen molar-refractivity contribution in [1.29, 1.82) is 0 Å². The molecule has 4 heterocycles. The molecule has 31 heavy (non-hydrogen) atoms. The summed E-state index contributed by atoms with van der Waals surface area (Å²) in [6.45, 7) is 17.6. The number of hydrogen-bond donors (Lipinski definition) is 0. The van der Waals surface area contributed by atoms with Gasteiger partial charge in [-0.05, 0) is 84.7 Å². The standard InChI is InChI=1S/C25H36N4O2/c1-17-22(26-7)28(18-16-24(4,5)31-15-14-25(17,18)6)19-10-8-11-20(27-19)29-21(30)12-9-13-23(29,2)3/h8,10-11,18H,7,9,12-16H2,1-6H3/t18-,25-/m1/s1. The van der Waals surface area contributed by atoms with Crippen LogP contribution in [-0.4, -0.2) is 41.4 Å². The Morgan fingerprint density at radius 1 is 1.16 bits per heavy atom. The molecule has 0 bridgehead atoms. The molecule has 0 radical (unpaired) electrons. The van der Waals surface area contributed by atoms with E-state index in [2.05, 4.69) is 58.2 Å². The number of ether oxygens (including phenoxy) is 1. The predicted molar refractivity (Wildman–Crippen MR) is 126 cm³/mol. The minimum Gasteiger partial charge on any atom is -0.375 e. The van der Waals surface area contributed by atoms with Crippen LogP contribution in [0.1, 0.15) is 73.6 Å². The van der Waals surface area contributed by atoms with Crippen LogP contribution in [0.2, 0.25) is 0 Å². The summed E-state index contributed by atoms with van der Waals surface area (Å²) < 4.78 is 6.18. The first-order chi connectivity index (χ1) is 14.5. The van der Waals surface area contributed by atoms with E-state index >= 15 is 0 Å². The van der Waals surface area contributed by atoms with Gasteiger partial charge in [0.1, 0.15) is 17.5 Å². The number of nitrogens with zero attached hydrogens (tertiary/aromatic N) is 4. The average Bonchev–Trinajstić information content (AvgIpc) is 2.79. The van der Waals surface area contributed by atoms with Crippen molar-refractivity contribution in [3.05, 3.63) is 29.6 Å². The maximum absolute atomic E-state index is 12.8. The molecule has 0 spiro atoms. The molecular weight excluding hydrogens is 388 g/mol. The van der Waals surface area contributed by atoms with Crippen LogP contribution in [0.3, 0.4) is 0 Å². The number of rotatable bonds is 3. The van der Waals surface area contributed by atoms with Crippen molar-refractivity contribution >= 4 is 24.3 Å². The van der Waals surface area contributed by atoms with Crippen LogP contribution in [0.5, 0.6) is 0 Å². The topological polar surface area (TPSA) is 58.0 Å². The summed E-state index contributed by atoms with van der Waals surface area (Å²) in [5.74, 6) is 2.56. The van der Waals surface area contributed by atoms with Crippen LogP contribution >= 0.6 is 0 Å². The van der Waals surface area contributed by atoms with E-state index in [1.54, 1.807) is 0 Å². The van der Waals surface area contributed by atoms with Gasteiger partial charge in [0.25, 0.3) is 0 Å². The largest absolute Gasteiger partial charge is 0.375 e. The van der Waals surface area contributed by atoms with Crippen molar-refractivity contribution in [3.63, 3.8) is 0 Å². The molecule has 6 nitrogen and oxygen atoms in total. The summed E-state index contributed by atoms with van der Waals surface area (Å²) in [6, 6.07) is 6.13. The van der Waals surface area contributed by atoms with E-state index in [9.17, 15) is 4.79 Å². The molecule has 1 amide bonds. The van der Waals surface area contributed by atoms with Crippen LogP contribution < -0.4 is 9.80 Å². The highest BCUT2D eigenvalue weighted by Crippen LogP contribution is 2.52. The van der Waals surface area contributed by atoms with Gasteiger partial charge < -0.3 is 9.64 Å². The first kappa shape index (κ1) is 22.0. The van der Waals surface area contributed by atoms with E-state index < -0.39 is 0 Å². The van der Waals surface area contributed by atoms with Gasteiger partial charge in [-0.15, -0.1) is 0 Å². The second-order valence-electron chi connectivity index (χ2n) is 10.7. The first-order valence-electron chi connectivity index (χ1n) is 11.4. The Kier molecular flexibility index (Phi) is 5.28. The molecule has 2 fully saturated rings. The number of amides is 1. The number of aliphatic imine (C=N–C) groups is 1. The van der Waals surface area contributed by atoms with Gasteiger partial charge in [-0.3, -0.25) is 9.69 Å². The molecule has 2 saturated heterocycles. The Morgan fingerprint density at radius 3 is 2.55 bits per heavy atom. The van der Waals surface area contributed by atoms with Crippen molar-refractivity contribution in [2.45, 2.75) is 90.8 Å². The summed E-state index contributed by atoms with van der Waals surface area (Å²) in [4.78, 5) is 26.4. The van der Waals surface area contributed by atoms with E-state index in [0.717, 1.165) is 43.9 Å². The molecule has 0 aliphatic carbocycles. The fourth-order valence-electron chi connectivity index (χ4n) is 5.66. The Labute approximate surface area is 186 Å². The zero-order chi connectivity index (χ0) is 22.6. The molecule has 3 aliphatic rings. The fourth-order valence-corrected chi connectivity index (χ4v) is 5.66. The summed E-state index contributed by atoms with van der Waals surface area (Å²) >= 11 is 0. The van der Waals surface area contributed by atoms with Gasteiger partial charge in [0, 0.05) is 30.0 Å². The smallest absolute Gasteiger partial charge is 0.228 e. The first-order valence-corrected chi connectivity index (χ1v) is 11.4. The molecule has 0 unspecified atom stereocenters. The number of carbonyl (C=O) groups excluding carboxylic acids is 1. The molecule has 1 aromatic rings. The number of carbonyl (C=O) groups is 1. The van der Waals surface area contributed by atoms with E-state index in [1.807, 2.05) is 23.1 Å². The summed E-state index contributed by atoms with van der Waals surface area (Å²) in [6.07, 6.45) is 4.26. The van der Waals surface area contributed by atoms with Crippen molar-refractivity contribution in [2.24, 2.45) is 10.4 Å². The Hall–Kier alpha value is -2.21. The lowest BCUT2D eigenvalue weighted by Gasteiger charge is -2.42. The van der Waals surface area contributed by atoms with Crippen LogP contribution in [0.15, 0.2) is 34.6 Å². The monoisotopic (exact) mass is 424 g/mol.